The number of carbonyl (C=O) groups is 1. The third kappa shape index (κ3) is 1.41. The highest BCUT2D eigenvalue weighted by molar-refractivity contribution is 5.78. The van der Waals surface area contributed by atoms with Crippen LogP contribution in [-0.4, -0.2) is 47.6 Å². The molecule has 14 heavy (non-hydrogen) atoms. The van der Waals surface area contributed by atoms with Crippen molar-refractivity contribution >= 4 is 5.91 Å². The van der Waals surface area contributed by atoms with Gasteiger partial charge in [0, 0.05) is 13.0 Å². The number of hydrogen-bond acceptors (Lipinski definition) is 4. The smallest absolute Gasteiger partial charge is 0.223 e. The van der Waals surface area contributed by atoms with E-state index in [1.54, 1.807) is 7.05 Å². The lowest BCUT2D eigenvalue weighted by atomic mass is 9.94. The van der Waals surface area contributed by atoms with Crippen molar-refractivity contribution in [3.8, 4) is 0 Å². The van der Waals surface area contributed by atoms with Crippen molar-refractivity contribution in [1.82, 2.24) is 5.32 Å². The van der Waals surface area contributed by atoms with Gasteiger partial charge in [0.05, 0.1) is 12.2 Å². The van der Waals surface area contributed by atoms with E-state index in [-0.39, 0.29) is 24.0 Å². The lowest BCUT2D eigenvalue weighted by Gasteiger charge is -2.27. The molecule has 0 radical (unpaired) electrons. The molecule has 1 amide bonds. The average Bonchev–Trinajstić information content (AvgIpc) is 2.41. The van der Waals surface area contributed by atoms with Crippen LogP contribution in [0.15, 0.2) is 0 Å². The van der Waals surface area contributed by atoms with Crippen LogP contribution in [0.3, 0.4) is 0 Å². The van der Waals surface area contributed by atoms with Gasteiger partial charge >= 0.3 is 0 Å². The van der Waals surface area contributed by atoms with Gasteiger partial charge in [-0.3, -0.25) is 4.79 Å². The molecule has 3 N–H and O–H groups in total. The van der Waals surface area contributed by atoms with Crippen molar-refractivity contribution in [3.63, 3.8) is 0 Å². The molecule has 2 aliphatic heterocycles. The highest BCUT2D eigenvalue weighted by Gasteiger charge is 2.49. The van der Waals surface area contributed by atoms with E-state index in [1.165, 1.54) is 0 Å². The molecule has 2 aliphatic rings. The molecule has 2 saturated heterocycles. The number of aliphatic hydroxyl groups is 2. The van der Waals surface area contributed by atoms with Crippen LogP contribution in [-0.2, 0) is 9.53 Å². The molecule has 0 aromatic heterocycles. The van der Waals surface area contributed by atoms with Gasteiger partial charge in [-0.25, -0.2) is 0 Å². The fourth-order valence-electron chi connectivity index (χ4n) is 2.29. The molecule has 2 heterocycles. The normalized spacial score (nSPS) is 46.4. The highest BCUT2D eigenvalue weighted by atomic mass is 16.5. The summed E-state index contributed by atoms with van der Waals surface area (Å²) in [5.74, 6) is -0.180. The van der Waals surface area contributed by atoms with E-state index >= 15 is 0 Å². The van der Waals surface area contributed by atoms with Crippen LogP contribution in [0.4, 0.5) is 0 Å². The van der Waals surface area contributed by atoms with Gasteiger partial charge in [0.25, 0.3) is 0 Å². The standard InChI is InChI=1S/C9H15NO4/c1-10-9(13)4-2-5-7(11)8(12)6(3-4)14-5/h4-8,11-12H,2-3H2,1H3,(H,10,13)/t4-,5+,6-,7+,8-. The first-order valence-corrected chi connectivity index (χ1v) is 4.86. The van der Waals surface area contributed by atoms with Crippen molar-refractivity contribution in [1.29, 1.82) is 0 Å². The maximum atomic E-state index is 11.4. The third-order valence-electron chi connectivity index (χ3n) is 3.11. The summed E-state index contributed by atoms with van der Waals surface area (Å²) < 4.78 is 5.37. The lowest BCUT2D eigenvalue weighted by Crippen LogP contribution is -2.37. The van der Waals surface area contributed by atoms with E-state index in [9.17, 15) is 15.0 Å². The zero-order valence-corrected chi connectivity index (χ0v) is 8.01. The SMILES string of the molecule is CNC(=O)[C@@H]1C[C@@H]2O[C@H](C1)[C@@H](O)[C@H]2O. The van der Waals surface area contributed by atoms with Crippen molar-refractivity contribution in [2.75, 3.05) is 7.05 Å². The number of nitrogens with one attached hydrogen (secondary N) is 1. The van der Waals surface area contributed by atoms with Gasteiger partial charge in [0.2, 0.25) is 5.91 Å². The number of amides is 1. The molecule has 5 atom stereocenters. The van der Waals surface area contributed by atoms with Crippen LogP contribution in [0.5, 0.6) is 0 Å². The summed E-state index contributed by atoms with van der Waals surface area (Å²) >= 11 is 0. The first kappa shape index (κ1) is 9.89. The summed E-state index contributed by atoms with van der Waals surface area (Å²) in [4.78, 5) is 11.4. The third-order valence-corrected chi connectivity index (χ3v) is 3.11. The van der Waals surface area contributed by atoms with E-state index in [4.69, 9.17) is 4.74 Å². The summed E-state index contributed by atoms with van der Waals surface area (Å²) in [6.07, 6.45) is -1.45. The average molecular weight is 201 g/mol. The molecule has 0 aromatic carbocycles. The highest BCUT2D eigenvalue weighted by Crippen LogP contribution is 2.36. The van der Waals surface area contributed by atoms with Gasteiger partial charge in [-0.15, -0.1) is 0 Å². The van der Waals surface area contributed by atoms with Gasteiger partial charge in [0.15, 0.2) is 0 Å². The zero-order valence-electron chi connectivity index (χ0n) is 8.01. The Bertz CT molecular complexity index is 229. The zero-order chi connectivity index (χ0) is 10.3. The number of hydrogen-bond donors (Lipinski definition) is 3. The minimum atomic E-state index is -0.838. The van der Waals surface area contributed by atoms with Crippen molar-refractivity contribution in [2.45, 2.75) is 37.3 Å². The Balaban J connectivity index is 2.07. The van der Waals surface area contributed by atoms with Crippen molar-refractivity contribution in [2.24, 2.45) is 5.92 Å². The Labute approximate surface area is 82.1 Å². The molecule has 0 saturated carbocycles. The van der Waals surface area contributed by atoms with Crippen LogP contribution < -0.4 is 5.32 Å². The largest absolute Gasteiger partial charge is 0.388 e. The number of fused-ring (bicyclic) bond motifs is 2. The monoisotopic (exact) mass is 201 g/mol. The van der Waals surface area contributed by atoms with Gasteiger partial charge in [-0.05, 0) is 12.8 Å². The summed E-state index contributed by atoms with van der Waals surface area (Å²) in [7, 11) is 1.59. The fraction of sp³-hybridized carbons (Fsp3) is 0.889. The number of carbonyl (C=O) groups excluding carboxylic acids is 1. The molecule has 2 fully saturated rings. The molecular formula is C9H15NO4. The summed E-state index contributed by atoms with van der Waals surface area (Å²) in [6, 6.07) is 0. The van der Waals surface area contributed by atoms with Gasteiger partial charge < -0.3 is 20.3 Å². The summed E-state index contributed by atoms with van der Waals surface area (Å²) in [5, 5.41) is 21.6. The van der Waals surface area contributed by atoms with Crippen molar-refractivity contribution < 1.29 is 19.7 Å². The van der Waals surface area contributed by atoms with Crippen LogP contribution in [0.1, 0.15) is 12.8 Å². The molecule has 0 spiro atoms. The fourth-order valence-corrected chi connectivity index (χ4v) is 2.29. The predicted molar refractivity (Wildman–Crippen MR) is 47.5 cm³/mol. The Morgan fingerprint density at radius 1 is 1.29 bits per heavy atom. The van der Waals surface area contributed by atoms with E-state index in [2.05, 4.69) is 5.32 Å². The van der Waals surface area contributed by atoms with Crippen LogP contribution in [0, 0.1) is 5.92 Å². The van der Waals surface area contributed by atoms with Gasteiger partial charge in [-0.1, -0.05) is 0 Å². The molecule has 2 rings (SSSR count). The van der Waals surface area contributed by atoms with E-state index in [0.717, 1.165) is 0 Å². The Morgan fingerprint density at radius 2 is 1.79 bits per heavy atom. The lowest BCUT2D eigenvalue weighted by molar-refractivity contribution is -0.131. The van der Waals surface area contributed by atoms with Crippen LogP contribution >= 0.6 is 0 Å². The van der Waals surface area contributed by atoms with E-state index < -0.39 is 12.2 Å². The second-order valence-corrected chi connectivity index (χ2v) is 3.98. The molecular weight excluding hydrogens is 186 g/mol. The second-order valence-electron chi connectivity index (χ2n) is 3.98. The first-order chi connectivity index (χ1) is 6.63. The van der Waals surface area contributed by atoms with E-state index in [1.807, 2.05) is 0 Å². The maximum absolute atomic E-state index is 11.4. The quantitative estimate of drug-likeness (QED) is 0.489. The minimum absolute atomic E-state index is 0.0374. The number of aliphatic hydroxyl groups excluding tert-OH is 2. The number of ether oxygens (including phenoxy) is 1. The molecule has 5 heteroatoms. The molecule has 0 aliphatic carbocycles. The summed E-state index contributed by atoms with van der Waals surface area (Å²) in [6.45, 7) is 0. The maximum Gasteiger partial charge on any atom is 0.223 e. The molecule has 2 bridgehead atoms. The Hall–Kier alpha value is -0.650. The van der Waals surface area contributed by atoms with Gasteiger partial charge in [0.1, 0.15) is 12.2 Å². The molecule has 5 nitrogen and oxygen atoms in total. The number of rotatable bonds is 1. The summed E-state index contributed by atoms with van der Waals surface area (Å²) in [5.41, 5.74) is 0. The van der Waals surface area contributed by atoms with Gasteiger partial charge in [-0.2, -0.15) is 0 Å². The topological polar surface area (TPSA) is 78.8 Å². The van der Waals surface area contributed by atoms with E-state index in [0.29, 0.717) is 12.8 Å². The van der Waals surface area contributed by atoms with Crippen LogP contribution in [0.2, 0.25) is 0 Å². The van der Waals surface area contributed by atoms with Crippen LogP contribution in [0.25, 0.3) is 0 Å². The first-order valence-electron chi connectivity index (χ1n) is 4.86. The molecule has 80 valence electrons. The second kappa shape index (κ2) is 3.49. The molecule has 0 unspecified atom stereocenters. The Kier molecular flexibility index (Phi) is 2.47. The minimum Gasteiger partial charge on any atom is -0.388 e. The Morgan fingerprint density at radius 3 is 2.21 bits per heavy atom. The van der Waals surface area contributed by atoms with Crippen molar-refractivity contribution in [3.05, 3.63) is 0 Å². The molecule has 0 aromatic rings. The predicted octanol–water partition coefficient (Wildman–Crippen LogP) is -1.37.